The van der Waals surface area contributed by atoms with Gasteiger partial charge >= 0.3 is 18.9 Å². The molecule has 1 aliphatic rings. The quantitative estimate of drug-likeness (QED) is 0.598. The molecule has 0 saturated carbocycles. The van der Waals surface area contributed by atoms with Crippen molar-refractivity contribution in [2.75, 3.05) is 19.6 Å². The van der Waals surface area contributed by atoms with E-state index in [0.29, 0.717) is 12.5 Å². The summed E-state index contributed by atoms with van der Waals surface area (Å²) in [5.41, 5.74) is -0.0765. The van der Waals surface area contributed by atoms with Crippen LogP contribution < -0.4 is 18.9 Å². The Morgan fingerprint density at radius 1 is 1.36 bits per heavy atom. The maximum Gasteiger partial charge on any atom is 1.00 e. The van der Waals surface area contributed by atoms with Crippen LogP contribution in [0.5, 0.6) is 0 Å². The molecule has 1 aliphatic heterocycles. The fraction of sp³-hybridized carbons (Fsp3) is 0.588. The Morgan fingerprint density at radius 3 is 2.77 bits per heavy atom. The summed E-state index contributed by atoms with van der Waals surface area (Å²) in [6.07, 6.45) is 6.10. The summed E-state index contributed by atoms with van der Waals surface area (Å²) in [7, 11) is 0. The van der Waals surface area contributed by atoms with Crippen LogP contribution in [0.2, 0.25) is 0 Å². The summed E-state index contributed by atoms with van der Waals surface area (Å²) in [5, 5.41) is 1.08. The zero-order valence-electron chi connectivity index (χ0n) is 13.8. The van der Waals surface area contributed by atoms with E-state index in [0.717, 1.165) is 43.5 Å². The largest absolute Gasteiger partial charge is 1.00 e. The monoisotopic (exact) mass is 295 g/mol. The van der Waals surface area contributed by atoms with Gasteiger partial charge in [0.1, 0.15) is 5.67 Å². The first-order chi connectivity index (χ1) is 10.0. The molecule has 0 aliphatic carbocycles. The van der Waals surface area contributed by atoms with Gasteiger partial charge in [0, 0.05) is 24.9 Å². The number of likely N-dealkylation sites (tertiary alicyclic amines) is 1. The van der Waals surface area contributed by atoms with Crippen molar-refractivity contribution < 1.29 is 23.3 Å². The second-order valence-corrected chi connectivity index (χ2v) is 6.74. The van der Waals surface area contributed by atoms with E-state index in [1.54, 1.807) is 13.8 Å². The van der Waals surface area contributed by atoms with E-state index in [-0.39, 0.29) is 18.9 Å². The topological polar surface area (TPSA) is 21.1 Å². The minimum atomic E-state index is -1.09. The average molecular weight is 295 g/mol. The van der Waals surface area contributed by atoms with Gasteiger partial charge in [-0.05, 0) is 45.7 Å². The van der Waals surface area contributed by atoms with E-state index < -0.39 is 5.67 Å². The summed E-state index contributed by atoms with van der Waals surface area (Å²) in [6.45, 7) is 6.84. The fourth-order valence-corrected chi connectivity index (χ4v) is 3.22. The van der Waals surface area contributed by atoms with Gasteiger partial charge in [0.15, 0.2) is 0 Å². The number of hydrogen-bond acceptors (Lipinski definition) is 2. The van der Waals surface area contributed by atoms with Crippen LogP contribution in [0.1, 0.15) is 26.7 Å². The standard InChI is InChI=1S/C17H23FN3.Li/c1-17(2,18)13-20-9-5-14(6-10-20)12-21-11-7-15-4-3-8-19-16(15)21;/h3-4,8,11,14H,5-6,9-10,12-13H2,1-2H3;/q-1;+1. The number of pyridine rings is 1. The number of hydrogen-bond donors (Lipinski definition) is 0. The van der Waals surface area contributed by atoms with Crippen LogP contribution in [0, 0.1) is 12.0 Å². The minimum absolute atomic E-state index is 0. The number of rotatable bonds is 4. The van der Waals surface area contributed by atoms with Crippen molar-refractivity contribution in [3.63, 3.8) is 0 Å². The predicted molar refractivity (Wildman–Crippen MR) is 82.9 cm³/mol. The van der Waals surface area contributed by atoms with Crippen molar-refractivity contribution in [2.24, 2.45) is 5.92 Å². The fourth-order valence-electron chi connectivity index (χ4n) is 3.22. The van der Waals surface area contributed by atoms with Gasteiger partial charge in [-0.2, -0.15) is 12.1 Å². The molecule has 5 heteroatoms. The molecule has 0 spiro atoms. The van der Waals surface area contributed by atoms with Crippen molar-refractivity contribution in [1.29, 1.82) is 0 Å². The SMILES string of the molecule is CC(C)(F)CN1CCC(Cn2c[c-]c3cccnc32)CC1.[Li+]. The molecule has 0 N–H and O–H groups in total. The van der Waals surface area contributed by atoms with Gasteiger partial charge in [-0.3, -0.25) is 0 Å². The summed E-state index contributed by atoms with van der Waals surface area (Å²) in [6, 6.07) is 7.25. The molecule has 1 saturated heterocycles. The van der Waals surface area contributed by atoms with Gasteiger partial charge < -0.3 is 14.5 Å². The molecule has 0 unspecified atom stereocenters. The second kappa shape index (κ2) is 7.17. The minimum Gasteiger partial charge on any atom is -0.396 e. The molecular formula is C17H23FLiN3. The summed E-state index contributed by atoms with van der Waals surface area (Å²) in [4.78, 5) is 6.69. The Hall–Kier alpha value is -0.823. The Kier molecular flexibility index (Phi) is 5.71. The van der Waals surface area contributed by atoms with Crippen molar-refractivity contribution in [3.05, 3.63) is 30.6 Å². The van der Waals surface area contributed by atoms with Gasteiger partial charge in [-0.25, -0.2) is 4.39 Å². The number of fused-ring (bicyclic) bond motifs is 1. The van der Waals surface area contributed by atoms with Gasteiger partial charge in [0.25, 0.3) is 0 Å². The smallest absolute Gasteiger partial charge is 0.396 e. The van der Waals surface area contributed by atoms with E-state index in [1.165, 1.54) is 0 Å². The Balaban J connectivity index is 0.00000176. The van der Waals surface area contributed by atoms with Crippen molar-refractivity contribution in [2.45, 2.75) is 38.9 Å². The first-order valence-electron chi connectivity index (χ1n) is 7.74. The Labute approximate surface area is 144 Å². The molecule has 0 atom stereocenters. The van der Waals surface area contributed by atoms with E-state index in [1.807, 2.05) is 24.5 Å². The number of halogens is 1. The van der Waals surface area contributed by atoms with Crippen molar-refractivity contribution >= 4 is 11.0 Å². The van der Waals surface area contributed by atoms with Crippen molar-refractivity contribution in [1.82, 2.24) is 14.5 Å². The number of aromatic nitrogens is 2. The summed E-state index contributed by atoms with van der Waals surface area (Å²) >= 11 is 0. The Bertz CT molecular complexity index is 597. The third kappa shape index (κ3) is 4.35. The Morgan fingerprint density at radius 2 is 2.09 bits per heavy atom. The molecule has 2 aromatic rings. The first kappa shape index (κ1) is 17.5. The normalized spacial score (nSPS) is 17.6. The van der Waals surface area contributed by atoms with Crippen LogP contribution in [0.15, 0.2) is 24.5 Å². The zero-order chi connectivity index (χ0) is 14.9. The van der Waals surface area contributed by atoms with Gasteiger partial charge in [-0.1, -0.05) is 6.20 Å². The maximum atomic E-state index is 13.7. The molecular weight excluding hydrogens is 272 g/mol. The third-order valence-electron chi connectivity index (χ3n) is 4.20. The molecule has 0 amide bonds. The van der Waals surface area contributed by atoms with Crippen LogP contribution in [0.3, 0.4) is 0 Å². The van der Waals surface area contributed by atoms with E-state index >= 15 is 0 Å². The molecule has 0 radical (unpaired) electrons. The maximum absolute atomic E-state index is 13.7. The molecule has 3 nitrogen and oxygen atoms in total. The molecule has 0 bridgehead atoms. The molecule has 0 aromatic carbocycles. The van der Waals surface area contributed by atoms with E-state index in [4.69, 9.17) is 0 Å². The molecule has 22 heavy (non-hydrogen) atoms. The predicted octanol–water partition coefficient (Wildman–Crippen LogP) is 0.301. The van der Waals surface area contributed by atoms with Crippen molar-refractivity contribution in [3.8, 4) is 0 Å². The number of alkyl halides is 1. The van der Waals surface area contributed by atoms with Crippen LogP contribution in [-0.4, -0.2) is 39.8 Å². The van der Waals surface area contributed by atoms with Gasteiger partial charge in [-0.15, -0.1) is 11.5 Å². The van der Waals surface area contributed by atoms with Gasteiger partial charge in [0.2, 0.25) is 0 Å². The average Bonchev–Trinajstić information content (AvgIpc) is 2.83. The number of piperidine rings is 1. The molecule has 3 rings (SSSR count). The van der Waals surface area contributed by atoms with Crippen LogP contribution in [-0.2, 0) is 6.54 Å². The van der Waals surface area contributed by atoms with E-state index in [9.17, 15) is 4.39 Å². The summed E-state index contributed by atoms with van der Waals surface area (Å²) in [5.74, 6) is 0.648. The first-order valence-corrected chi connectivity index (χ1v) is 7.74. The molecule has 1 fully saturated rings. The summed E-state index contributed by atoms with van der Waals surface area (Å²) < 4.78 is 15.9. The van der Waals surface area contributed by atoms with Crippen LogP contribution >= 0.6 is 0 Å². The zero-order valence-corrected chi connectivity index (χ0v) is 13.8. The third-order valence-corrected chi connectivity index (χ3v) is 4.20. The van der Waals surface area contributed by atoms with Crippen LogP contribution in [0.4, 0.5) is 4.39 Å². The second-order valence-electron chi connectivity index (χ2n) is 6.74. The van der Waals surface area contributed by atoms with Crippen LogP contribution in [0.25, 0.3) is 11.0 Å². The number of nitrogens with zero attached hydrogens (tertiary/aromatic N) is 3. The molecule has 3 heterocycles. The van der Waals surface area contributed by atoms with Gasteiger partial charge in [0.05, 0.1) is 0 Å². The molecule has 114 valence electrons. The molecule has 2 aromatic heterocycles. The van der Waals surface area contributed by atoms with E-state index in [2.05, 4.69) is 20.5 Å².